The third kappa shape index (κ3) is 5.30. The average molecular weight is 337 g/mol. The molecule has 0 N–H and O–H groups in total. The highest BCUT2D eigenvalue weighted by atomic mass is 19.4. The van der Waals surface area contributed by atoms with Gasteiger partial charge in [-0.2, -0.15) is 13.2 Å². The lowest BCUT2D eigenvalue weighted by Gasteiger charge is -2.19. The first-order valence-corrected chi connectivity index (χ1v) is 7.35. The minimum absolute atomic E-state index is 0.430. The number of carbonyl (C=O) groups excluding carboxylic acids is 1. The van der Waals surface area contributed by atoms with Gasteiger partial charge in [0.2, 0.25) is 0 Å². The van der Waals surface area contributed by atoms with Crippen LogP contribution in [0, 0.1) is 6.92 Å². The first-order chi connectivity index (χ1) is 11.2. The van der Waals surface area contributed by atoms with Crippen LogP contribution in [0.4, 0.5) is 13.2 Å². The molecule has 2 rings (SSSR count). The minimum Gasteiger partial charge on any atom is -0.484 e. The Kier molecular flexibility index (Phi) is 5.49. The molecule has 3 nitrogen and oxygen atoms in total. The van der Waals surface area contributed by atoms with Gasteiger partial charge < -0.3 is 9.64 Å². The van der Waals surface area contributed by atoms with Gasteiger partial charge in [0.25, 0.3) is 5.91 Å². The van der Waals surface area contributed by atoms with Gasteiger partial charge in [-0.3, -0.25) is 4.79 Å². The van der Waals surface area contributed by atoms with Gasteiger partial charge in [0.05, 0.1) is 0 Å². The van der Waals surface area contributed by atoms with E-state index in [-0.39, 0.29) is 0 Å². The number of ether oxygens (including phenoxy) is 1. The molecule has 6 heteroatoms. The summed E-state index contributed by atoms with van der Waals surface area (Å²) in [5.74, 6) is -0.297. The third-order valence-corrected chi connectivity index (χ3v) is 3.44. The topological polar surface area (TPSA) is 29.5 Å². The van der Waals surface area contributed by atoms with E-state index < -0.39 is 25.2 Å². The number of carbonyl (C=O) groups is 1. The van der Waals surface area contributed by atoms with Crippen LogP contribution in [0.3, 0.4) is 0 Å². The van der Waals surface area contributed by atoms with E-state index in [1.165, 1.54) is 5.56 Å². The molecule has 0 aliphatic carbocycles. The quantitative estimate of drug-likeness (QED) is 0.823. The third-order valence-electron chi connectivity index (χ3n) is 3.44. The van der Waals surface area contributed by atoms with Crippen LogP contribution in [0.1, 0.15) is 5.56 Å². The van der Waals surface area contributed by atoms with Crippen LogP contribution in [-0.2, 0) is 4.79 Å². The monoisotopic (exact) mass is 337 g/mol. The van der Waals surface area contributed by atoms with Crippen molar-refractivity contribution in [1.82, 2.24) is 4.90 Å². The molecule has 24 heavy (non-hydrogen) atoms. The molecule has 0 spiro atoms. The molecule has 0 saturated heterocycles. The summed E-state index contributed by atoms with van der Waals surface area (Å²) in [5, 5.41) is 0. The van der Waals surface area contributed by atoms with E-state index in [9.17, 15) is 18.0 Å². The standard InChI is InChI=1S/C18H18F3NO2/c1-13-3-5-14(6-4-13)15-7-9-16(10-8-15)24-11-17(23)22(2)12-18(19,20)21/h3-10H,11-12H2,1-2H3. The second-order valence-electron chi connectivity index (χ2n) is 5.54. The summed E-state index contributed by atoms with van der Waals surface area (Å²) in [6.45, 7) is 0.283. The Morgan fingerprint density at radius 1 is 1.00 bits per heavy atom. The molecular formula is C18H18F3NO2. The van der Waals surface area contributed by atoms with Crippen molar-refractivity contribution in [2.75, 3.05) is 20.2 Å². The number of benzene rings is 2. The molecule has 1 amide bonds. The fourth-order valence-electron chi connectivity index (χ4n) is 2.10. The average Bonchev–Trinajstić information content (AvgIpc) is 2.52. The van der Waals surface area contributed by atoms with Crippen molar-refractivity contribution in [2.45, 2.75) is 13.1 Å². The van der Waals surface area contributed by atoms with Crippen LogP contribution in [0.2, 0.25) is 0 Å². The molecule has 2 aromatic carbocycles. The Bertz CT molecular complexity index is 679. The van der Waals surface area contributed by atoms with E-state index >= 15 is 0 Å². The molecule has 0 radical (unpaired) electrons. The summed E-state index contributed by atoms with van der Waals surface area (Å²) < 4.78 is 41.9. The van der Waals surface area contributed by atoms with Gasteiger partial charge in [-0.05, 0) is 30.2 Å². The Labute approximate surface area is 138 Å². The highest BCUT2D eigenvalue weighted by Crippen LogP contribution is 2.23. The highest BCUT2D eigenvalue weighted by molar-refractivity contribution is 5.77. The van der Waals surface area contributed by atoms with Crippen LogP contribution in [0.15, 0.2) is 48.5 Å². The minimum atomic E-state index is -4.42. The first kappa shape index (κ1) is 17.8. The smallest absolute Gasteiger partial charge is 0.406 e. The molecule has 0 aliphatic rings. The van der Waals surface area contributed by atoms with Crippen LogP contribution >= 0.6 is 0 Å². The van der Waals surface area contributed by atoms with E-state index in [0.29, 0.717) is 10.6 Å². The van der Waals surface area contributed by atoms with Gasteiger partial charge in [0, 0.05) is 7.05 Å². The van der Waals surface area contributed by atoms with Gasteiger partial charge in [0.1, 0.15) is 12.3 Å². The Balaban J connectivity index is 1.92. The molecular weight excluding hydrogens is 319 g/mol. The van der Waals surface area contributed by atoms with Crippen LogP contribution in [-0.4, -0.2) is 37.2 Å². The van der Waals surface area contributed by atoms with Crippen LogP contribution in [0.5, 0.6) is 5.75 Å². The predicted molar refractivity (Wildman–Crippen MR) is 85.8 cm³/mol. The number of aryl methyl sites for hydroxylation is 1. The van der Waals surface area contributed by atoms with E-state index in [0.717, 1.165) is 18.2 Å². The van der Waals surface area contributed by atoms with Gasteiger partial charge in [0.15, 0.2) is 6.61 Å². The Morgan fingerprint density at radius 2 is 1.50 bits per heavy atom. The lowest BCUT2D eigenvalue weighted by molar-refractivity contribution is -0.159. The number of hydrogen-bond donors (Lipinski definition) is 0. The number of alkyl halides is 3. The SMILES string of the molecule is Cc1ccc(-c2ccc(OCC(=O)N(C)CC(F)(F)F)cc2)cc1. The summed E-state index contributed by atoms with van der Waals surface area (Å²) in [6, 6.07) is 15.1. The summed E-state index contributed by atoms with van der Waals surface area (Å²) in [7, 11) is 1.10. The largest absolute Gasteiger partial charge is 0.484 e. The molecule has 0 saturated carbocycles. The Morgan fingerprint density at radius 3 is 2.00 bits per heavy atom. The maximum absolute atomic E-state index is 12.2. The number of rotatable bonds is 5. The van der Waals surface area contributed by atoms with E-state index in [4.69, 9.17) is 4.74 Å². The van der Waals surface area contributed by atoms with Crippen molar-refractivity contribution in [3.63, 3.8) is 0 Å². The van der Waals surface area contributed by atoms with E-state index in [1.807, 2.05) is 43.3 Å². The molecule has 0 aliphatic heterocycles. The number of hydrogen-bond acceptors (Lipinski definition) is 2. The summed E-state index contributed by atoms with van der Waals surface area (Å²) >= 11 is 0. The molecule has 0 heterocycles. The molecule has 0 aromatic heterocycles. The molecule has 0 atom stereocenters. The molecule has 2 aromatic rings. The number of nitrogens with zero attached hydrogens (tertiary/aromatic N) is 1. The molecule has 128 valence electrons. The second kappa shape index (κ2) is 7.38. The lowest BCUT2D eigenvalue weighted by Crippen LogP contribution is -2.38. The zero-order chi connectivity index (χ0) is 17.7. The van der Waals surface area contributed by atoms with Crippen molar-refractivity contribution in [2.24, 2.45) is 0 Å². The van der Waals surface area contributed by atoms with Crippen molar-refractivity contribution in [3.8, 4) is 16.9 Å². The summed E-state index contributed by atoms with van der Waals surface area (Å²) in [6.07, 6.45) is -4.42. The zero-order valence-corrected chi connectivity index (χ0v) is 13.4. The van der Waals surface area contributed by atoms with Crippen molar-refractivity contribution in [1.29, 1.82) is 0 Å². The van der Waals surface area contributed by atoms with Gasteiger partial charge in [-0.1, -0.05) is 42.0 Å². The lowest BCUT2D eigenvalue weighted by atomic mass is 10.0. The van der Waals surface area contributed by atoms with Crippen molar-refractivity contribution >= 4 is 5.91 Å². The maximum atomic E-state index is 12.2. The van der Waals surface area contributed by atoms with E-state index in [2.05, 4.69) is 0 Å². The zero-order valence-electron chi connectivity index (χ0n) is 13.4. The number of halogens is 3. The molecule has 0 bridgehead atoms. The molecule has 0 fully saturated rings. The molecule has 0 unspecified atom stereocenters. The van der Waals surface area contributed by atoms with E-state index in [1.54, 1.807) is 12.1 Å². The fourth-order valence-corrected chi connectivity index (χ4v) is 2.10. The second-order valence-corrected chi connectivity index (χ2v) is 5.54. The fraction of sp³-hybridized carbons (Fsp3) is 0.278. The van der Waals surface area contributed by atoms with Gasteiger partial charge in [-0.15, -0.1) is 0 Å². The van der Waals surface area contributed by atoms with Crippen LogP contribution in [0.25, 0.3) is 11.1 Å². The summed E-state index contributed by atoms with van der Waals surface area (Å²) in [5.41, 5.74) is 3.20. The number of amides is 1. The van der Waals surface area contributed by atoms with Crippen molar-refractivity contribution in [3.05, 3.63) is 54.1 Å². The first-order valence-electron chi connectivity index (χ1n) is 7.35. The maximum Gasteiger partial charge on any atom is 0.406 e. The van der Waals surface area contributed by atoms with Crippen molar-refractivity contribution < 1.29 is 22.7 Å². The highest BCUT2D eigenvalue weighted by Gasteiger charge is 2.31. The predicted octanol–water partition coefficient (Wildman–Crippen LogP) is 4.06. The van der Waals surface area contributed by atoms with Gasteiger partial charge in [-0.25, -0.2) is 0 Å². The van der Waals surface area contributed by atoms with Crippen LogP contribution < -0.4 is 4.74 Å². The summed E-state index contributed by atoms with van der Waals surface area (Å²) in [4.78, 5) is 12.2. The number of likely N-dealkylation sites (N-methyl/N-ethyl adjacent to an activating group) is 1. The van der Waals surface area contributed by atoms with Gasteiger partial charge >= 0.3 is 6.18 Å². The normalized spacial score (nSPS) is 11.2. The Hall–Kier alpha value is -2.50.